The summed E-state index contributed by atoms with van der Waals surface area (Å²) in [6.45, 7) is 0. The Morgan fingerprint density at radius 2 is 1.67 bits per heavy atom. The Morgan fingerprint density at radius 3 is 2.06 bits per heavy atom. The first-order chi connectivity index (χ1) is 8.62. The predicted molar refractivity (Wildman–Crippen MR) is 62.4 cm³/mol. The van der Waals surface area contributed by atoms with Gasteiger partial charge in [-0.2, -0.15) is 5.26 Å². The average molecular weight is 247 g/mol. The van der Waals surface area contributed by atoms with Crippen molar-refractivity contribution in [3.8, 4) is 6.07 Å². The summed E-state index contributed by atoms with van der Waals surface area (Å²) in [5.74, 6) is -2.25. The van der Waals surface area contributed by atoms with Gasteiger partial charge >= 0.3 is 11.9 Å². The molecule has 1 aromatic carbocycles. The minimum Gasteiger partial charge on any atom is -0.468 e. The zero-order chi connectivity index (χ0) is 13.5. The van der Waals surface area contributed by atoms with Crippen LogP contribution in [0.25, 0.3) is 0 Å². The van der Waals surface area contributed by atoms with Crippen LogP contribution >= 0.6 is 0 Å². The van der Waals surface area contributed by atoms with Crippen LogP contribution in [-0.4, -0.2) is 26.2 Å². The quantitative estimate of drug-likeness (QED) is 0.587. The lowest BCUT2D eigenvalue weighted by Crippen LogP contribution is -2.28. The van der Waals surface area contributed by atoms with Crippen LogP contribution < -0.4 is 0 Å². The Morgan fingerprint density at radius 1 is 1.17 bits per heavy atom. The summed E-state index contributed by atoms with van der Waals surface area (Å²) in [6.07, 6.45) is 0.186. The first kappa shape index (κ1) is 13.7. The van der Waals surface area contributed by atoms with E-state index in [2.05, 4.69) is 9.47 Å². The Labute approximate surface area is 105 Å². The van der Waals surface area contributed by atoms with Gasteiger partial charge in [-0.1, -0.05) is 12.1 Å². The normalized spacial score (nSPS) is 9.67. The maximum Gasteiger partial charge on any atom is 0.320 e. The number of nitrogens with zero attached hydrogens (tertiary/aromatic N) is 1. The third-order valence-electron chi connectivity index (χ3n) is 2.49. The SMILES string of the molecule is COC(=O)C(Cc1ccc(C#N)cc1)C(=O)OC. The number of hydrogen-bond donors (Lipinski definition) is 0. The van der Waals surface area contributed by atoms with Gasteiger partial charge in [0.15, 0.2) is 5.92 Å². The smallest absolute Gasteiger partial charge is 0.320 e. The molecule has 1 aromatic rings. The lowest BCUT2D eigenvalue weighted by molar-refractivity contribution is -0.158. The molecule has 0 aliphatic heterocycles. The Hall–Kier alpha value is -2.35. The Kier molecular flexibility index (Phi) is 4.88. The maximum absolute atomic E-state index is 11.5. The maximum atomic E-state index is 11.5. The fourth-order valence-corrected chi connectivity index (χ4v) is 1.50. The van der Waals surface area contributed by atoms with Crippen LogP contribution in [0.15, 0.2) is 24.3 Å². The average Bonchev–Trinajstić information content (AvgIpc) is 2.43. The summed E-state index contributed by atoms with van der Waals surface area (Å²) >= 11 is 0. The summed E-state index contributed by atoms with van der Waals surface area (Å²) in [6, 6.07) is 8.63. The molecule has 0 heterocycles. The van der Waals surface area contributed by atoms with Crippen LogP contribution in [0.5, 0.6) is 0 Å². The molecule has 5 heteroatoms. The number of carbonyl (C=O) groups is 2. The van der Waals surface area contributed by atoms with Crippen molar-refractivity contribution in [1.29, 1.82) is 5.26 Å². The molecule has 0 amide bonds. The summed E-state index contributed by atoms with van der Waals surface area (Å²) in [4.78, 5) is 22.9. The minimum atomic E-state index is -0.979. The van der Waals surface area contributed by atoms with Crippen LogP contribution in [0.3, 0.4) is 0 Å². The molecule has 5 nitrogen and oxygen atoms in total. The highest BCUT2D eigenvalue weighted by atomic mass is 16.5. The fourth-order valence-electron chi connectivity index (χ4n) is 1.50. The van der Waals surface area contributed by atoms with Crippen molar-refractivity contribution in [1.82, 2.24) is 0 Å². The second-order valence-corrected chi connectivity index (χ2v) is 3.61. The molecular weight excluding hydrogens is 234 g/mol. The van der Waals surface area contributed by atoms with Crippen LogP contribution in [0.1, 0.15) is 11.1 Å². The van der Waals surface area contributed by atoms with Gasteiger partial charge in [-0.15, -0.1) is 0 Å². The van der Waals surface area contributed by atoms with Gasteiger partial charge in [0, 0.05) is 0 Å². The van der Waals surface area contributed by atoms with Gasteiger partial charge in [-0.05, 0) is 24.1 Å². The van der Waals surface area contributed by atoms with E-state index in [4.69, 9.17) is 5.26 Å². The van der Waals surface area contributed by atoms with Crippen molar-refractivity contribution in [2.24, 2.45) is 5.92 Å². The molecule has 0 aliphatic carbocycles. The second kappa shape index (κ2) is 6.40. The molecule has 0 bridgehead atoms. The van der Waals surface area contributed by atoms with E-state index >= 15 is 0 Å². The number of hydrogen-bond acceptors (Lipinski definition) is 5. The van der Waals surface area contributed by atoms with Gasteiger partial charge in [0.05, 0.1) is 25.9 Å². The van der Waals surface area contributed by atoms with Crippen LogP contribution in [-0.2, 0) is 25.5 Å². The van der Waals surface area contributed by atoms with E-state index < -0.39 is 17.9 Å². The summed E-state index contributed by atoms with van der Waals surface area (Å²) in [5, 5.41) is 8.66. The molecule has 0 N–H and O–H groups in total. The number of benzene rings is 1. The number of carbonyl (C=O) groups excluding carboxylic acids is 2. The lowest BCUT2D eigenvalue weighted by Gasteiger charge is -2.12. The van der Waals surface area contributed by atoms with Gasteiger partial charge in [-0.3, -0.25) is 9.59 Å². The molecule has 0 aliphatic rings. The molecule has 0 atom stereocenters. The predicted octanol–water partition coefficient (Wildman–Crippen LogP) is 1.06. The van der Waals surface area contributed by atoms with Crippen molar-refractivity contribution >= 4 is 11.9 Å². The van der Waals surface area contributed by atoms with E-state index in [0.717, 1.165) is 5.56 Å². The number of nitriles is 1. The number of ether oxygens (including phenoxy) is 2. The van der Waals surface area contributed by atoms with Crippen LogP contribution in [0.2, 0.25) is 0 Å². The van der Waals surface area contributed by atoms with Gasteiger partial charge in [0.1, 0.15) is 0 Å². The monoisotopic (exact) mass is 247 g/mol. The standard InChI is InChI=1S/C13H13NO4/c1-17-12(15)11(13(16)18-2)7-9-3-5-10(8-14)6-4-9/h3-6,11H,7H2,1-2H3. The fraction of sp³-hybridized carbons (Fsp3) is 0.308. The van der Waals surface area contributed by atoms with E-state index in [9.17, 15) is 9.59 Å². The lowest BCUT2D eigenvalue weighted by atomic mass is 9.99. The van der Waals surface area contributed by atoms with Gasteiger partial charge in [-0.25, -0.2) is 0 Å². The van der Waals surface area contributed by atoms with Crippen LogP contribution in [0, 0.1) is 17.2 Å². The van der Waals surface area contributed by atoms with E-state index in [1.165, 1.54) is 14.2 Å². The molecule has 0 aromatic heterocycles. The van der Waals surface area contributed by atoms with Gasteiger partial charge in [0.25, 0.3) is 0 Å². The molecule has 0 unspecified atom stereocenters. The topological polar surface area (TPSA) is 76.4 Å². The highest BCUT2D eigenvalue weighted by Gasteiger charge is 2.28. The molecular formula is C13H13NO4. The Balaban J connectivity index is 2.86. The Bertz CT molecular complexity index is 457. The van der Waals surface area contributed by atoms with Gasteiger partial charge < -0.3 is 9.47 Å². The van der Waals surface area contributed by atoms with E-state index in [1.54, 1.807) is 24.3 Å². The summed E-state index contributed by atoms with van der Waals surface area (Å²) in [7, 11) is 2.44. The van der Waals surface area contributed by atoms with E-state index in [0.29, 0.717) is 5.56 Å². The molecule has 0 radical (unpaired) electrons. The third kappa shape index (κ3) is 3.32. The third-order valence-corrected chi connectivity index (χ3v) is 2.49. The molecule has 1 rings (SSSR count). The first-order valence-electron chi connectivity index (χ1n) is 5.27. The first-order valence-corrected chi connectivity index (χ1v) is 5.27. The second-order valence-electron chi connectivity index (χ2n) is 3.61. The molecule has 18 heavy (non-hydrogen) atoms. The highest BCUT2D eigenvalue weighted by Crippen LogP contribution is 2.13. The summed E-state index contributed by atoms with van der Waals surface area (Å²) in [5.41, 5.74) is 1.28. The van der Waals surface area contributed by atoms with Crippen molar-refractivity contribution < 1.29 is 19.1 Å². The molecule has 0 fully saturated rings. The molecule has 0 spiro atoms. The van der Waals surface area contributed by atoms with Crippen molar-refractivity contribution in [2.45, 2.75) is 6.42 Å². The van der Waals surface area contributed by atoms with Gasteiger partial charge in [0.2, 0.25) is 0 Å². The van der Waals surface area contributed by atoms with E-state index in [1.807, 2.05) is 6.07 Å². The number of methoxy groups -OCH3 is 2. The summed E-state index contributed by atoms with van der Waals surface area (Å²) < 4.78 is 9.12. The largest absolute Gasteiger partial charge is 0.468 e. The molecule has 94 valence electrons. The van der Waals surface area contributed by atoms with Crippen molar-refractivity contribution in [3.63, 3.8) is 0 Å². The van der Waals surface area contributed by atoms with Crippen molar-refractivity contribution in [2.75, 3.05) is 14.2 Å². The minimum absolute atomic E-state index is 0.186. The van der Waals surface area contributed by atoms with E-state index in [-0.39, 0.29) is 6.42 Å². The van der Waals surface area contributed by atoms with Crippen LogP contribution in [0.4, 0.5) is 0 Å². The number of esters is 2. The zero-order valence-corrected chi connectivity index (χ0v) is 10.2. The zero-order valence-electron chi connectivity index (χ0n) is 10.2. The molecule has 0 saturated heterocycles. The van der Waals surface area contributed by atoms with Crippen molar-refractivity contribution in [3.05, 3.63) is 35.4 Å². The molecule has 0 saturated carbocycles. The number of rotatable bonds is 4. The highest BCUT2D eigenvalue weighted by molar-refractivity contribution is 5.95.